The molecular formula is C20H18ClFN2OS. The van der Waals surface area contributed by atoms with Crippen LogP contribution in [0.1, 0.15) is 37.3 Å². The highest BCUT2D eigenvalue weighted by Gasteiger charge is 2.23. The molecule has 0 atom stereocenters. The molecule has 0 amide bonds. The third-order valence-corrected chi connectivity index (χ3v) is 6.19. The highest BCUT2D eigenvalue weighted by atomic mass is 35.5. The van der Waals surface area contributed by atoms with E-state index in [1.165, 1.54) is 23.9 Å². The van der Waals surface area contributed by atoms with E-state index in [2.05, 4.69) is 0 Å². The van der Waals surface area contributed by atoms with Crippen LogP contribution in [0.3, 0.4) is 0 Å². The molecule has 0 radical (unpaired) electrons. The SMILES string of the molecule is O=c1c2ccccc2nc(SCc2ccc(F)cc2Cl)n1C1CCCC1. The van der Waals surface area contributed by atoms with Crippen molar-refractivity contribution in [3.8, 4) is 0 Å². The van der Waals surface area contributed by atoms with Crippen molar-refractivity contribution in [2.24, 2.45) is 0 Å². The van der Waals surface area contributed by atoms with Crippen LogP contribution < -0.4 is 5.56 Å². The first kappa shape index (κ1) is 17.6. The predicted octanol–water partition coefficient (Wildman–Crippen LogP) is 5.60. The molecule has 134 valence electrons. The Morgan fingerprint density at radius 3 is 2.73 bits per heavy atom. The summed E-state index contributed by atoms with van der Waals surface area (Å²) in [5.41, 5.74) is 1.56. The molecule has 1 heterocycles. The first-order chi connectivity index (χ1) is 12.6. The quantitative estimate of drug-likeness (QED) is 0.431. The molecule has 0 saturated heterocycles. The van der Waals surface area contributed by atoms with Crippen molar-refractivity contribution in [2.45, 2.75) is 42.6 Å². The molecular weight excluding hydrogens is 371 g/mol. The average Bonchev–Trinajstić information content (AvgIpc) is 3.15. The Hall–Kier alpha value is -1.85. The van der Waals surface area contributed by atoms with E-state index in [0.717, 1.165) is 31.2 Å². The van der Waals surface area contributed by atoms with E-state index in [-0.39, 0.29) is 17.4 Å². The monoisotopic (exact) mass is 388 g/mol. The summed E-state index contributed by atoms with van der Waals surface area (Å²) in [5, 5.41) is 1.76. The molecule has 0 N–H and O–H groups in total. The van der Waals surface area contributed by atoms with Crippen molar-refractivity contribution < 1.29 is 4.39 Å². The number of thioether (sulfide) groups is 1. The Morgan fingerprint density at radius 1 is 1.19 bits per heavy atom. The zero-order valence-electron chi connectivity index (χ0n) is 14.1. The van der Waals surface area contributed by atoms with Gasteiger partial charge in [-0.1, -0.05) is 54.4 Å². The van der Waals surface area contributed by atoms with Gasteiger partial charge in [0.1, 0.15) is 5.82 Å². The van der Waals surface area contributed by atoms with Gasteiger partial charge >= 0.3 is 0 Å². The minimum atomic E-state index is -0.351. The number of fused-ring (bicyclic) bond motifs is 1. The van der Waals surface area contributed by atoms with Gasteiger partial charge in [-0.25, -0.2) is 9.37 Å². The fourth-order valence-electron chi connectivity index (χ4n) is 3.49. The molecule has 4 rings (SSSR count). The van der Waals surface area contributed by atoms with Gasteiger partial charge in [0.25, 0.3) is 5.56 Å². The number of rotatable bonds is 4. The van der Waals surface area contributed by atoms with Gasteiger partial charge in [-0.2, -0.15) is 0 Å². The lowest BCUT2D eigenvalue weighted by atomic mass is 10.2. The minimum absolute atomic E-state index is 0.0233. The predicted molar refractivity (Wildman–Crippen MR) is 104 cm³/mol. The molecule has 0 spiro atoms. The van der Waals surface area contributed by atoms with Crippen LogP contribution in [-0.2, 0) is 5.75 Å². The summed E-state index contributed by atoms with van der Waals surface area (Å²) in [6, 6.07) is 12.1. The summed E-state index contributed by atoms with van der Waals surface area (Å²) in [6.07, 6.45) is 4.28. The van der Waals surface area contributed by atoms with E-state index >= 15 is 0 Å². The fraction of sp³-hybridized carbons (Fsp3) is 0.300. The topological polar surface area (TPSA) is 34.9 Å². The first-order valence-corrected chi connectivity index (χ1v) is 10.1. The average molecular weight is 389 g/mol. The molecule has 1 aliphatic carbocycles. The standard InChI is InChI=1S/C20H18ClFN2OS/c21-17-11-14(22)10-9-13(17)12-26-20-23-18-8-4-3-7-16(18)19(25)24(20)15-5-1-2-6-15/h3-4,7-11,15H,1-2,5-6,12H2. The normalized spacial score (nSPS) is 15.0. The second-order valence-corrected chi connectivity index (χ2v) is 7.90. The second-order valence-electron chi connectivity index (χ2n) is 6.55. The number of nitrogens with zero attached hydrogens (tertiary/aromatic N) is 2. The van der Waals surface area contributed by atoms with Gasteiger partial charge in [0.2, 0.25) is 0 Å². The molecule has 3 aromatic rings. The Bertz CT molecular complexity index is 1010. The maximum Gasteiger partial charge on any atom is 0.262 e. The van der Waals surface area contributed by atoms with Gasteiger partial charge in [-0.15, -0.1) is 0 Å². The Morgan fingerprint density at radius 2 is 1.96 bits per heavy atom. The molecule has 1 aliphatic rings. The summed E-state index contributed by atoms with van der Waals surface area (Å²) in [6.45, 7) is 0. The number of aromatic nitrogens is 2. The van der Waals surface area contributed by atoms with Crippen LogP contribution >= 0.6 is 23.4 Å². The third-order valence-electron chi connectivity index (χ3n) is 4.84. The van der Waals surface area contributed by atoms with Gasteiger partial charge in [0.05, 0.1) is 10.9 Å². The van der Waals surface area contributed by atoms with Gasteiger partial charge < -0.3 is 0 Å². The maximum absolute atomic E-state index is 13.3. The Balaban J connectivity index is 1.75. The van der Waals surface area contributed by atoms with Crippen LogP contribution in [-0.4, -0.2) is 9.55 Å². The van der Waals surface area contributed by atoms with E-state index in [0.29, 0.717) is 26.8 Å². The van der Waals surface area contributed by atoms with Crippen LogP contribution in [0.5, 0.6) is 0 Å². The van der Waals surface area contributed by atoms with Crippen LogP contribution in [0.15, 0.2) is 52.4 Å². The summed E-state index contributed by atoms with van der Waals surface area (Å²) in [4.78, 5) is 17.8. The maximum atomic E-state index is 13.3. The number of halogens is 2. The molecule has 0 bridgehead atoms. The van der Waals surface area contributed by atoms with Crippen LogP contribution in [0.25, 0.3) is 10.9 Å². The van der Waals surface area contributed by atoms with Crippen LogP contribution in [0.2, 0.25) is 5.02 Å². The summed E-state index contributed by atoms with van der Waals surface area (Å²) in [7, 11) is 0. The molecule has 6 heteroatoms. The van der Waals surface area contributed by atoms with Crippen molar-refractivity contribution in [2.75, 3.05) is 0 Å². The minimum Gasteiger partial charge on any atom is -0.284 e. The lowest BCUT2D eigenvalue weighted by molar-refractivity contribution is 0.457. The van der Waals surface area contributed by atoms with Crippen LogP contribution in [0.4, 0.5) is 4.39 Å². The molecule has 1 fully saturated rings. The number of para-hydroxylation sites is 1. The zero-order chi connectivity index (χ0) is 18.1. The summed E-state index contributed by atoms with van der Waals surface area (Å²) >= 11 is 7.63. The van der Waals surface area contributed by atoms with Crippen molar-refractivity contribution in [3.05, 3.63) is 69.2 Å². The van der Waals surface area contributed by atoms with Gasteiger partial charge in [-0.05, 0) is 42.7 Å². The molecule has 0 unspecified atom stereocenters. The molecule has 3 nitrogen and oxygen atoms in total. The lowest BCUT2D eigenvalue weighted by Crippen LogP contribution is -2.26. The first-order valence-electron chi connectivity index (χ1n) is 8.71. The van der Waals surface area contributed by atoms with E-state index in [1.54, 1.807) is 6.07 Å². The van der Waals surface area contributed by atoms with Crippen molar-refractivity contribution in [1.29, 1.82) is 0 Å². The highest BCUT2D eigenvalue weighted by molar-refractivity contribution is 7.98. The van der Waals surface area contributed by atoms with E-state index in [1.807, 2.05) is 28.8 Å². The Kier molecular flexibility index (Phi) is 5.00. The molecule has 1 saturated carbocycles. The van der Waals surface area contributed by atoms with Crippen molar-refractivity contribution in [1.82, 2.24) is 9.55 Å². The molecule has 1 aromatic heterocycles. The molecule has 26 heavy (non-hydrogen) atoms. The van der Waals surface area contributed by atoms with Crippen molar-refractivity contribution >= 4 is 34.3 Å². The lowest BCUT2D eigenvalue weighted by Gasteiger charge is -2.18. The fourth-order valence-corrected chi connectivity index (χ4v) is 4.88. The summed E-state index contributed by atoms with van der Waals surface area (Å²) in [5.74, 6) is 0.187. The van der Waals surface area contributed by atoms with Gasteiger partial charge in [0, 0.05) is 16.8 Å². The van der Waals surface area contributed by atoms with Crippen LogP contribution in [0, 0.1) is 5.82 Å². The zero-order valence-corrected chi connectivity index (χ0v) is 15.7. The van der Waals surface area contributed by atoms with Crippen molar-refractivity contribution in [3.63, 3.8) is 0 Å². The number of hydrogen-bond acceptors (Lipinski definition) is 3. The van der Waals surface area contributed by atoms with Gasteiger partial charge in [0.15, 0.2) is 5.16 Å². The van der Waals surface area contributed by atoms with E-state index in [4.69, 9.17) is 16.6 Å². The van der Waals surface area contributed by atoms with E-state index < -0.39 is 0 Å². The second kappa shape index (κ2) is 7.41. The third kappa shape index (κ3) is 3.38. The smallest absolute Gasteiger partial charge is 0.262 e. The highest BCUT2D eigenvalue weighted by Crippen LogP contribution is 2.33. The van der Waals surface area contributed by atoms with E-state index in [9.17, 15) is 9.18 Å². The summed E-state index contributed by atoms with van der Waals surface area (Å²) < 4.78 is 15.1. The largest absolute Gasteiger partial charge is 0.284 e. The van der Waals surface area contributed by atoms with Gasteiger partial charge in [-0.3, -0.25) is 9.36 Å². The number of hydrogen-bond donors (Lipinski definition) is 0. The molecule has 0 aliphatic heterocycles. The number of benzene rings is 2. The molecule has 2 aromatic carbocycles. The Labute approximate surface area is 160 Å².